The maximum atomic E-state index is 14.1. The van der Waals surface area contributed by atoms with Crippen LogP contribution in [0.4, 0.5) is 5.69 Å². The van der Waals surface area contributed by atoms with Gasteiger partial charge in [-0.1, -0.05) is 36.3 Å². The number of thiazole rings is 1. The van der Waals surface area contributed by atoms with E-state index in [4.69, 9.17) is 0 Å². The van der Waals surface area contributed by atoms with Gasteiger partial charge in [0.1, 0.15) is 11.1 Å². The summed E-state index contributed by atoms with van der Waals surface area (Å²) in [6.07, 6.45) is 2.85. The molecule has 3 aliphatic rings. The summed E-state index contributed by atoms with van der Waals surface area (Å²) in [6, 6.07) is 12.8. The smallest absolute Gasteiger partial charge is 0.254 e. The number of amides is 2. The first-order valence-corrected chi connectivity index (χ1v) is 18.3. The van der Waals surface area contributed by atoms with Gasteiger partial charge in [-0.3, -0.25) is 13.9 Å². The molecule has 0 bridgehead atoms. The molecule has 1 aromatic heterocycles. The van der Waals surface area contributed by atoms with Crippen molar-refractivity contribution >= 4 is 38.9 Å². The Morgan fingerprint density at radius 3 is 2.65 bits per heavy atom. The van der Waals surface area contributed by atoms with Crippen LogP contribution in [0.5, 0.6) is 0 Å². The molecule has 6 rings (SSSR count). The van der Waals surface area contributed by atoms with Gasteiger partial charge in [0.2, 0.25) is 10.0 Å². The highest BCUT2D eigenvalue weighted by atomic mass is 32.2. The predicted molar refractivity (Wildman–Crippen MR) is 178 cm³/mol. The van der Waals surface area contributed by atoms with E-state index in [1.165, 1.54) is 27.8 Å². The molecule has 46 heavy (non-hydrogen) atoms. The van der Waals surface area contributed by atoms with Crippen LogP contribution in [0.3, 0.4) is 0 Å². The van der Waals surface area contributed by atoms with Crippen molar-refractivity contribution in [3.8, 4) is 11.8 Å². The van der Waals surface area contributed by atoms with Crippen molar-refractivity contribution in [1.82, 2.24) is 20.5 Å². The SMILES string of the molecule is Cc1csc([C@H]2CCCN2C(=O)c2cc(C(=O)N[C@@H](Cc3ccccc3)[C@H](O)[C@H]3C#CCCN3)cc(N3CCCCS3(=O)=O)c2)n1. The second-order valence-electron chi connectivity index (χ2n) is 12.1. The minimum Gasteiger partial charge on any atom is -0.388 e. The molecule has 3 aromatic rings. The van der Waals surface area contributed by atoms with E-state index in [1.54, 1.807) is 11.0 Å². The van der Waals surface area contributed by atoms with Crippen LogP contribution in [-0.4, -0.2) is 78.8 Å². The van der Waals surface area contributed by atoms with E-state index in [2.05, 4.69) is 27.5 Å². The largest absolute Gasteiger partial charge is 0.388 e. The van der Waals surface area contributed by atoms with Crippen molar-refractivity contribution in [2.75, 3.05) is 29.7 Å². The Labute approximate surface area is 274 Å². The number of sulfonamides is 1. The highest BCUT2D eigenvalue weighted by Crippen LogP contribution is 2.36. The Hall–Kier alpha value is -3.76. The number of hydrogen-bond donors (Lipinski definition) is 3. The summed E-state index contributed by atoms with van der Waals surface area (Å²) >= 11 is 1.52. The van der Waals surface area contributed by atoms with Gasteiger partial charge < -0.3 is 20.6 Å². The Balaban J connectivity index is 1.34. The number of aryl methyl sites for hydroxylation is 1. The number of nitrogens with zero attached hydrogens (tertiary/aromatic N) is 3. The van der Waals surface area contributed by atoms with Crippen LogP contribution in [0.1, 0.15) is 75.1 Å². The van der Waals surface area contributed by atoms with E-state index in [1.807, 2.05) is 42.6 Å². The van der Waals surface area contributed by atoms with Gasteiger partial charge in [0.15, 0.2) is 0 Å². The maximum absolute atomic E-state index is 14.1. The fraction of sp³-hybridized carbons (Fsp3) is 0.441. The van der Waals surface area contributed by atoms with Gasteiger partial charge in [0, 0.05) is 48.3 Å². The molecule has 4 heterocycles. The Kier molecular flexibility index (Phi) is 9.75. The second-order valence-corrected chi connectivity index (χ2v) is 15.0. The molecule has 0 aliphatic carbocycles. The minimum atomic E-state index is -3.62. The Morgan fingerprint density at radius 1 is 1.13 bits per heavy atom. The van der Waals surface area contributed by atoms with Crippen LogP contribution < -0.4 is 14.9 Å². The van der Waals surface area contributed by atoms with Crippen LogP contribution >= 0.6 is 11.3 Å². The summed E-state index contributed by atoms with van der Waals surface area (Å²) in [6.45, 7) is 3.37. The first-order chi connectivity index (χ1) is 22.2. The van der Waals surface area contributed by atoms with Crippen molar-refractivity contribution in [3.05, 3.63) is 81.3 Å². The summed E-state index contributed by atoms with van der Waals surface area (Å²) in [5.41, 5.74) is 2.50. The van der Waals surface area contributed by atoms with Crippen molar-refractivity contribution < 1.29 is 23.1 Å². The lowest BCUT2D eigenvalue weighted by Gasteiger charge is -2.31. The fourth-order valence-corrected chi connectivity index (χ4v) is 8.95. The molecule has 3 N–H and O–H groups in total. The lowest BCUT2D eigenvalue weighted by Crippen LogP contribution is -2.54. The first kappa shape index (κ1) is 32.2. The molecule has 0 radical (unpaired) electrons. The van der Waals surface area contributed by atoms with Crippen LogP contribution in [0.15, 0.2) is 53.9 Å². The monoisotopic (exact) mass is 661 g/mol. The topological polar surface area (TPSA) is 132 Å². The van der Waals surface area contributed by atoms with Gasteiger partial charge in [-0.05, 0) is 62.8 Å². The Bertz CT molecular complexity index is 1750. The molecule has 4 atom stereocenters. The summed E-state index contributed by atoms with van der Waals surface area (Å²) in [5, 5.41) is 20.5. The van der Waals surface area contributed by atoms with E-state index < -0.39 is 34.1 Å². The third kappa shape index (κ3) is 7.13. The van der Waals surface area contributed by atoms with Crippen molar-refractivity contribution in [2.45, 2.75) is 69.7 Å². The number of aliphatic hydroxyl groups is 1. The number of hydrogen-bond acceptors (Lipinski definition) is 8. The molecule has 0 spiro atoms. The zero-order valence-electron chi connectivity index (χ0n) is 25.8. The molecule has 3 aliphatic heterocycles. The molecule has 10 nitrogen and oxygen atoms in total. The van der Waals surface area contributed by atoms with Gasteiger partial charge >= 0.3 is 0 Å². The lowest BCUT2D eigenvalue weighted by atomic mass is 9.95. The quantitative estimate of drug-likeness (QED) is 0.300. The van der Waals surface area contributed by atoms with Crippen LogP contribution in [-0.2, 0) is 16.4 Å². The fourth-order valence-electron chi connectivity index (χ4n) is 6.38. The Morgan fingerprint density at radius 2 is 1.93 bits per heavy atom. The van der Waals surface area contributed by atoms with Crippen LogP contribution in [0.2, 0.25) is 0 Å². The van der Waals surface area contributed by atoms with Crippen molar-refractivity contribution in [2.24, 2.45) is 0 Å². The van der Waals surface area contributed by atoms with Gasteiger partial charge in [-0.15, -0.1) is 17.3 Å². The summed E-state index contributed by atoms with van der Waals surface area (Å²) in [7, 11) is -3.62. The summed E-state index contributed by atoms with van der Waals surface area (Å²) in [5.74, 6) is 5.30. The van der Waals surface area contributed by atoms with Crippen molar-refractivity contribution in [3.63, 3.8) is 0 Å². The molecule has 2 saturated heterocycles. The average molecular weight is 662 g/mol. The van der Waals surface area contributed by atoms with Gasteiger partial charge in [-0.2, -0.15) is 0 Å². The lowest BCUT2D eigenvalue weighted by molar-refractivity contribution is 0.0735. The predicted octanol–water partition coefficient (Wildman–Crippen LogP) is 3.43. The number of carbonyl (C=O) groups is 2. The number of benzene rings is 2. The van der Waals surface area contributed by atoms with E-state index in [9.17, 15) is 23.1 Å². The standard InChI is InChI=1S/C34H39N5O5S2/c1-23-22-45-33(36-23)30-13-9-15-38(30)34(42)26-19-25(20-27(21-26)39-16-7-8-17-46(39,43)44)32(41)37-29(18-24-10-3-2-4-11-24)31(40)28-12-5-6-14-35-28/h2-4,10-11,19-22,28-31,35,40H,6-9,13-18H2,1H3,(H,37,41)/t28-,29+,30-,31-/m1/s1. The number of rotatable bonds is 9. The number of carbonyl (C=O) groups excluding carboxylic acids is 2. The van der Waals surface area contributed by atoms with Gasteiger partial charge in [0.05, 0.1) is 29.6 Å². The number of likely N-dealkylation sites (tertiary alicyclic amines) is 1. The van der Waals surface area contributed by atoms with Crippen LogP contribution in [0, 0.1) is 18.8 Å². The molecule has 2 aromatic carbocycles. The molecular formula is C34H39N5O5S2. The molecule has 2 amide bonds. The van der Waals surface area contributed by atoms with Crippen molar-refractivity contribution in [1.29, 1.82) is 0 Å². The van der Waals surface area contributed by atoms with E-state index in [0.717, 1.165) is 29.1 Å². The zero-order chi connectivity index (χ0) is 32.3. The number of nitrogens with one attached hydrogen (secondary N) is 2. The third-order valence-corrected chi connectivity index (χ3v) is 11.7. The molecular weight excluding hydrogens is 623 g/mol. The zero-order valence-corrected chi connectivity index (χ0v) is 27.4. The van der Waals surface area contributed by atoms with E-state index >= 15 is 0 Å². The maximum Gasteiger partial charge on any atom is 0.254 e. The summed E-state index contributed by atoms with van der Waals surface area (Å²) in [4.78, 5) is 34.6. The normalized spacial score (nSPS) is 22.0. The minimum absolute atomic E-state index is 0.00503. The second kappa shape index (κ2) is 13.9. The number of aromatic nitrogens is 1. The highest BCUT2D eigenvalue weighted by molar-refractivity contribution is 7.92. The molecule has 2 fully saturated rings. The first-order valence-electron chi connectivity index (χ1n) is 15.8. The summed E-state index contributed by atoms with van der Waals surface area (Å²) < 4.78 is 27.6. The third-order valence-electron chi connectivity index (χ3n) is 8.74. The highest BCUT2D eigenvalue weighted by Gasteiger charge is 2.35. The molecule has 0 unspecified atom stereocenters. The average Bonchev–Trinajstić information content (AvgIpc) is 3.73. The van der Waals surface area contributed by atoms with Crippen LogP contribution in [0.25, 0.3) is 0 Å². The van der Waals surface area contributed by atoms with E-state index in [-0.39, 0.29) is 41.1 Å². The molecule has 242 valence electrons. The number of aliphatic hydroxyl groups excluding tert-OH is 1. The molecule has 0 saturated carbocycles. The molecule has 12 heteroatoms. The van der Waals surface area contributed by atoms with Gasteiger partial charge in [-0.25, -0.2) is 13.4 Å². The van der Waals surface area contributed by atoms with Gasteiger partial charge in [0.25, 0.3) is 11.8 Å². The van der Waals surface area contributed by atoms with E-state index in [0.29, 0.717) is 38.8 Å². The number of anilines is 1.